The zero-order chi connectivity index (χ0) is 10.7. The Hall–Kier alpha value is -1.90. The van der Waals surface area contributed by atoms with Crippen molar-refractivity contribution in [3.8, 4) is 0 Å². The van der Waals surface area contributed by atoms with E-state index in [9.17, 15) is 0 Å². The molecule has 0 bridgehead atoms. The van der Waals surface area contributed by atoms with Crippen LogP contribution >= 0.6 is 0 Å². The lowest BCUT2D eigenvalue weighted by molar-refractivity contribution is 1.24. The smallest absolute Gasteiger partial charge is 0.111 e. The van der Waals surface area contributed by atoms with Gasteiger partial charge in [0.2, 0.25) is 0 Å². The van der Waals surface area contributed by atoms with Gasteiger partial charge in [0.05, 0.1) is 0 Å². The summed E-state index contributed by atoms with van der Waals surface area (Å²) in [4.78, 5) is 3.17. The van der Waals surface area contributed by atoms with Gasteiger partial charge in [-0.1, -0.05) is 12.2 Å². The number of H-pyrrole nitrogens is 1. The fourth-order valence-corrected chi connectivity index (χ4v) is 1.82. The van der Waals surface area contributed by atoms with E-state index in [0.29, 0.717) is 0 Å². The summed E-state index contributed by atoms with van der Waals surface area (Å²) in [6.45, 7) is 2.86. The number of fused-ring (bicyclic) bond motifs is 1. The van der Waals surface area contributed by atoms with E-state index in [0.717, 1.165) is 17.9 Å². The van der Waals surface area contributed by atoms with Crippen molar-refractivity contribution >= 4 is 11.4 Å². The second kappa shape index (κ2) is 4.09. The molecular formula is C12H15N3. The molecule has 0 radical (unpaired) electrons. The number of anilines is 1. The van der Waals surface area contributed by atoms with Gasteiger partial charge in [0.25, 0.3) is 0 Å². The summed E-state index contributed by atoms with van der Waals surface area (Å²) in [6, 6.07) is 2.07. The molecule has 0 atom stereocenters. The number of allylic oxidation sites excluding steroid dienone is 4. The molecule has 2 heterocycles. The van der Waals surface area contributed by atoms with Gasteiger partial charge in [-0.15, -0.1) is 0 Å². The van der Waals surface area contributed by atoms with Crippen molar-refractivity contribution in [3.05, 3.63) is 47.8 Å². The fraction of sp³-hybridized carbons (Fsp3) is 0.167. The third-order valence-electron chi connectivity index (χ3n) is 2.52. The SMILES string of the molecule is C/C=C(\C=C/N)C1=CCNc2[nH]ccc21. The van der Waals surface area contributed by atoms with Gasteiger partial charge < -0.3 is 16.0 Å². The Morgan fingerprint density at radius 2 is 2.40 bits per heavy atom. The Kier molecular flexibility index (Phi) is 2.63. The van der Waals surface area contributed by atoms with Crippen molar-refractivity contribution in [1.82, 2.24) is 4.98 Å². The lowest BCUT2D eigenvalue weighted by Crippen LogP contribution is -2.07. The molecule has 1 aliphatic rings. The number of aromatic nitrogens is 1. The molecule has 3 nitrogen and oxygen atoms in total. The normalized spacial score (nSPS) is 16.1. The molecule has 0 fully saturated rings. The molecule has 0 aromatic carbocycles. The first-order valence-corrected chi connectivity index (χ1v) is 5.03. The van der Waals surface area contributed by atoms with E-state index < -0.39 is 0 Å². The second-order valence-corrected chi connectivity index (χ2v) is 3.37. The Balaban J connectivity index is 2.42. The Morgan fingerprint density at radius 3 is 3.13 bits per heavy atom. The van der Waals surface area contributed by atoms with E-state index in [1.165, 1.54) is 11.1 Å². The summed E-state index contributed by atoms with van der Waals surface area (Å²) >= 11 is 0. The van der Waals surface area contributed by atoms with Gasteiger partial charge in [-0.05, 0) is 36.4 Å². The molecule has 0 saturated heterocycles. The molecule has 0 amide bonds. The number of nitrogens with one attached hydrogen (secondary N) is 2. The molecule has 78 valence electrons. The van der Waals surface area contributed by atoms with Gasteiger partial charge in [-0.3, -0.25) is 0 Å². The predicted octanol–water partition coefficient (Wildman–Crippen LogP) is 2.24. The highest BCUT2D eigenvalue weighted by molar-refractivity contribution is 5.88. The summed E-state index contributed by atoms with van der Waals surface area (Å²) in [6.07, 6.45) is 9.68. The number of nitrogens with two attached hydrogens (primary N) is 1. The fourth-order valence-electron chi connectivity index (χ4n) is 1.82. The molecule has 1 aromatic rings. The molecule has 1 aromatic heterocycles. The van der Waals surface area contributed by atoms with Gasteiger partial charge in [-0.25, -0.2) is 0 Å². The summed E-state index contributed by atoms with van der Waals surface area (Å²) in [5.74, 6) is 1.08. The Morgan fingerprint density at radius 1 is 1.53 bits per heavy atom. The van der Waals surface area contributed by atoms with E-state index in [-0.39, 0.29) is 0 Å². The highest BCUT2D eigenvalue weighted by Gasteiger charge is 2.14. The lowest BCUT2D eigenvalue weighted by atomic mass is 9.97. The number of rotatable bonds is 2. The van der Waals surface area contributed by atoms with Gasteiger partial charge >= 0.3 is 0 Å². The first-order chi connectivity index (χ1) is 7.36. The van der Waals surface area contributed by atoms with Crippen LogP contribution in [0, 0.1) is 0 Å². The van der Waals surface area contributed by atoms with Crippen LogP contribution in [0.3, 0.4) is 0 Å². The molecule has 0 spiro atoms. The van der Waals surface area contributed by atoms with Crippen LogP contribution in [-0.2, 0) is 0 Å². The van der Waals surface area contributed by atoms with E-state index in [4.69, 9.17) is 5.73 Å². The maximum atomic E-state index is 5.43. The quantitative estimate of drug-likeness (QED) is 0.643. The minimum atomic E-state index is 0.846. The predicted molar refractivity (Wildman–Crippen MR) is 64.3 cm³/mol. The monoisotopic (exact) mass is 201 g/mol. The highest BCUT2D eigenvalue weighted by Crippen LogP contribution is 2.31. The topological polar surface area (TPSA) is 53.8 Å². The average Bonchev–Trinajstić information content (AvgIpc) is 2.73. The average molecular weight is 201 g/mol. The molecule has 15 heavy (non-hydrogen) atoms. The van der Waals surface area contributed by atoms with Crippen molar-refractivity contribution in [2.24, 2.45) is 5.73 Å². The number of hydrogen-bond donors (Lipinski definition) is 3. The van der Waals surface area contributed by atoms with Crippen molar-refractivity contribution in [2.45, 2.75) is 6.92 Å². The van der Waals surface area contributed by atoms with E-state index >= 15 is 0 Å². The van der Waals surface area contributed by atoms with Crippen LogP contribution < -0.4 is 11.1 Å². The van der Waals surface area contributed by atoms with Crippen molar-refractivity contribution < 1.29 is 0 Å². The number of hydrogen-bond acceptors (Lipinski definition) is 2. The molecule has 0 unspecified atom stereocenters. The largest absolute Gasteiger partial charge is 0.405 e. The number of aromatic amines is 1. The maximum Gasteiger partial charge on any atom is 0.111 e. The van der Waals surface area contributed by atoms with Crippen LogP contribution in [0.5, 0.6) is 0 Å². The molecular weight excluding hydrogens is 186 g/mol. The van der Waals surface area contributed by atoms with Gasteiger partial charge in [-0.2, -0.15) is 0 Å². The van der Waals surface area contributed by atoms with Crippen LogP contribution in [0.15, 0.2) is 42.3 Å². The van der Waals surface area contributed by atoms with Crippen molar-refractivity contribution in [2.75, 3.05) is 11.9 Å². The summed E-state index contributed by atoms with van der Waals surface area (Å²) < 4.78 is 0. The van der Waals surface area contributed by atoms with E-state index in [1.54, 1.807) is 6.20 Å². The summed E-state index contributed by atoms with van der Waals surface area (Å²) in [5.41, 5.74) is 9.02. The van der Waals surface area contributed by atoms with Gasteiger partial charge in [0.15, 0.2) is 0 Å². The van der Waals surface area contributed by atoms with Crippen molar-refractivity contribution in [1.29, 1.82) is 0 Å². The zero-order valence-electron chi connectivity index (χ0n) is 8.75. The van der Waals surface area contributed by atoms with Crippen molar-refractivity contribution in [3.63, 3.8) is 0 Å². The van der Waals surface area contributed by atoms with Gasteiger partial charge in [0.1, 0.15) is 5.82 Å². The second-order valence-electron chi connectivity index (χ2n) is 3.37. The minimum absolute atomic E-state index is 0.846. The van der Waals surface area contributed by atoms with Crippen LogP contribution in [0.4, 0.5) is 5.82 Å². The standard InChI is InChI=1S/C12H15N3/c1-2-9(3-6-13)10-4-7-14-12-11(10)5-8-15-12/h2-6,8,14-15H,7,13H2,1H3/b6-3-,9-2+. The molecule has 0 saturated carbocycles. The van der Waals surface area contributed by atoms with Gasteiger partial charge in [0, 0.05) is 18.3 Å². The van der Waals surface area contributed by atoms with E-state index in [2.05, 4.69) is 28.5 Å². The summed E-state index contributed by atoms with van der Waals surface area (Å²) in [5, 5.41) is 3.28. The van der Waals surface area contributed by atoms with Crippen LogP contribution in [0.1, 0.15) is 12.5 Å². The first kappa shape index (κ1) is 9.65. The lowest BCUT2D eigenvalue weighted by Gasteiger charge is -2.16. The highest BCUT2D eigenvalue weighted by atomic mass is 15.0. The zero-order valence-corrected chi connectivity index (χ0v) is 8.75. The third kappa shape index (κ3) is 1.68. The van der Waals surface area contributed by atoms with Crippen LogP contribution in [0.2, 0.25) is 0 Å². The summed E-state index contributed by atoms with van der Waals surface area (Å²) in [7, 11) is 0. The molecule has 1 aliphatic heterocycles. The Labute approximate surface area is 89.4 Å². The van der Waals surface area contributed by atoms with Crippen LogP contribution in [-0.4, -0.2) is 11.5 Å². The molecule has 4 N–H and O–H groups in total. The Bertz CT molecular complexity index is 435. The van der Waals surface area contributed by atoms with E-state index in [1.807, 2.05) is 19.2 Å². The maximum absolute atomic E-state index is 5.43. The molecule has 2 rings (SSSR count). The molecule has 3 heteroatoms. The van der Waals surface area contributed by atoms with Crippen LogP contribution in [0.25, 0.3) is 5.57 Å². The first-order valence-electron chi connectivity index (χ1n) is 5.03. The minimum Gasteiger partial charge on any atom is -0.405 e. The molecule has 0 aliphatic carbocycles. The third-order valence-corrected chi connectivity index (χ3v) is 2.52.